The Morgan fingerprint density at radius 1 is 1.24 bits per heavy atom. The fourth-order valence-electron chi connectivity index (χ4n) is 1.38. The Hall–Kier alpha value is -1.00. The lowest BCUT2D eigenvalue weighted by Crippen LogP contribution is -2.27. The van der Waals surface area contributed by atoms with Crippen LogP contribution in [0.15, 0.2) is 30.3 Å². The molecule has 0 aliphatic rings. The second-order valence-corrected chi connectivity index (χ2v) is 4.93. The quantitative estimate of drug-likeness (QED) is 0.690. The maximum Gasteiger partial charge on any atom is 0.224 e. The first kappa shape index (κ1) is 14.1. The molecule has 1 aromatic rings. The smallest absolute Gasteiger partial charge is 0.224 e. The van der Waals surface area contributed by atoms with Gasteiger partial charge in [0.25, 0.3) is 0 Å². The Balaban J connectivity index is 2.06. The number of aliphatic hydroxyl groups excluding tert-OH is 1. The van der Waals surface area contributed by atoms with Gasteiger partial charge in [0.15, 0.2) is 0 Å². The lowest BCUT2D eigenvalue weighted by atomic mass is 10.1. The predicted molar refractivity (Wildman–Crippen MR) is 72.2 cm³/mol. The minimum atomic E-state index is 0.0685. The summed E-state index contributed by atoms with van der Waals surface area (Å²) in [4.78, 5) is 11.5. The zero-order chi connectivity index (χ0) is 12.3. The van der Waals surface area contributed by atoms with E-state index in [1.165, 1.54) is 0 Å². The molecule has 0 atom stereocenters. The van der Waals surface area contributed by atoms with Crippen LogP contribution in [0.25, 0.3) is 0 Å². The van der Waals surface area contributed by atoms with Crippen LogP contribution in [-0.4, -0.2) is 35.7 Å². The van der Waals surface area contributed by atoms with Gasteiger partial charge in [-0.25, -0.2) is 0 Å². The van der Waals surface area contributed by atoms with Gasteiger partial charge < -0.3 is 10.4 Å². The van der Waals surface area contributed by atoms with E-state index in [-0.39, 0.29) is 12.5 Å². The molecule has 0 spiro atoms. The maximum absolute atomic E-state index is 11.5. The van der Waals surface area contributed by atoms with Gasteiger partial charge in [-0.05, 0) is 17.7 Å². The van der Waals surface area contributed by atoms with Gasteiger partial charge in [-0.1, -0.05) is 30.3 Å². The number of hydrogen-bond donors (Lipinski definition) is 2. The molecule has 0 fully saturated rings. The number of aliphatic hydroxyl groups is 1. The second-order valence-electron chi connectivity index (χ2n) is 3.70. The molecule has 1 rings (SSSR count). The number of carbonyl (C=O) groups is 1. The molecular formula is C13H19NO2S. The van der Waals surface area contributed by atoms with Crippen LogP contribution in [0, 0.1) is 0 Å². The van der Waals surface area contributed by atoms with E-state index in [0.29, 0.717) is 13.0 Å². The minimum Gasteiger partial charge on any atom is -0.396 e. The molecule has 2 N–H and O–H groups in total. The molecular weight excluding hydrogens is 234 g/mol. The lowest BCUT2D eigenvalue weighted by molar-refractivity contribution is -0.120. The number of hydrogen-bond acceptors (Lipinski definition) is 3. The number of amides is 1. The molecule has 17 heavy (non-hydrogen) atoms. The summed E-state index contributed by atoms with van der Waals surface area (Å²) in [5.74, 6) is 1.92. The number of rotatable bonds is 8. The zero-order valence-electron chi connectivity index (χ0n) is 9.89. The summed E-state index contributed by atoms with van der Waals surface area (Å²) in [7, 11) is 0. The van der Waals surface area contributed by atoms with Gasteiger partial charge in [0.05, 0.1) is 6.42 Å². The van der Waals surface area contributed by atoms with Crippen LogP contribution in [0.3, 0.4) is 0 Å². The SMILES string of the molecule is O=C(Cc1ccccc1)NCCSCCCO. The van der Waals surface area contributed by atoms with Gasteiger partial charge in [-0.15, -0.1) is 0 Å². The molecule has 0 saturated heterocycles. The molecule has 1 aromatic carbocycles. The molecule has 3 nitrogen and oxygen atoms in total. The van der Waals surface area contributed by atoms with Crippen molar-refractivity contribution in [3.8, 4) is 0 Å². The van der Waals surface area contributed by atoms with E-state index in [1.807, 2.05) is 30.3 Å². The molecule has 4 heteroatoms. The van der Waals surface area contributed by atoms with Gasteiger partial charge in [0.1, 0.15) is 0 Å². The molecule has 0 aliphatic carbocycles. The van der Waals surface area contributed by atoms with Crippen LogP contribution in [0.2, 0.25) is 0 Å². The third kappa shape index (κ3) is 7.02. The highest BCUT2D eigenvalue weighted by molar-refractivity contribution is 7.99. The Morgan fingerprint density at radius 2 is 2.00 bits per heavy atom. The van der Waals surface area contributed by atoms with Crippen molar-refractivity contribution < 1.29 is 9.90 Å². The van der Waals surface area contributed by atoms with Crippen LogP contribution in [0.1, 0.15) is 12.0 Å². The Kier molecular flexibility index (Phi) is 7.51. The highest BCUT2D eigenvalue weighted by atomic mass is 32.2. The van der Waals surface area contributed by atoms with E-state index < -0.39 is 0 Å². The number of carbonyl (C=O) groups excluding carboxylic acids is 1. The summed E-state index contributed by atoms with van der Waals surface area (Å²) in [5.41, 5.74) is 1.04. The largest absolute Gasteiger partial charge is 0.396 e. The molecule has 0 aliphatic heterocycles. The van der Waals surface area contributed by atoms with E-state index in [2.05, 4.69) is 5.32 Å². The van der Waals surface area contributed by atoms with Gasteiger partial charge in [0, 0.05) is 18.9 Å². The third-order valence-corrected chi connectivity index (χ3v) is 3.29. The van der Waals surface area contributed by atoms with Gasteiger partial charge in [0.2, 0.25) is 5.91 Å². The molecule has 0 bridgehead atoms. The molecule has 0 aromatic heterocycles. The van der Waals surface area contributed by atoms with E-state index in [1.54, 1.807) is 11.8 Å². The van der Waals surface area contributed by atoms with E-state index in [0.717, 1.165) is 23.5 Å². The molecule has 0 heterocycles. The van der Waals surface area contributed by atoms with Crippen LogP contribution in [-0.2, 0) is 11.2 Å². The summed E-state index contributed by atoms with van der Waals surface area (Å²) in [5, 5.41) is 11.5. The van der Waals surface area contributed by atoms with E-state index >= 15 is 0 Å². The lowest BCUT2D eigenvalue weighted by Gasteiger charge is -2.05. The summed E-state index contributed by atoms with van der Waals surface area (Å²) in [6, 6.07) is 9.73. The number of thioether (sulfide) groups is 1. The fourth-order valence-corrected chi connectivity index (χ4v) is 2.16. The normalized spacial score (nSPS) is 10.2. The predicted octanol–water partition coefficient (Wildman–Crippen LogP) is 1.46. The van der Waals surface area contributed by atoms with Crippen LogP contribution in [0.5, 0.6) is 0 Å². The van der Waals surface area contributed by atoms with Crippen molar-refractivity contribution in [2.75, 3.05) is 24.7 Å². The highest BCUT2D eigenvalue weighted by Crippen LogP contribution is 2.01. The first-order valence-corrected chi connectivity index (χ1v) is 6.97. The molecule has 0 radical (unpaired) electrons. The topological polar surface area (TPSA) is 49.3 Å². The third-order valence-electron chi connectivity index (χ3n) is 2.22. The van der Waals surface area contributed by atoms with Crippen molar-refractivity contribution in [2.24, 2.45) is 0 Å². The minimum absolute atomic E-state index is 0.0685. The molecule has 0 saturated carbocycles. The molecule has 1 amide bonds. The monoisotopic (exact) mass is 253 g/mol. The van der Waals surface area contributed by atoms with Crippen molar-refractivity contribution in [1.82, 2.24) is 5.32 Å². The van der Waals surface area contributed by atoms with Gasteiger partial charge in [-0.3, -0.25) is 4.79 Å². The van der Waals surface area contributed by atoms with Gasteiger partial charge >= 0.3 is 0 Å². The second kappa shape index (κ2) is 9.07. The summed E-state index contributed by atoms with van der Waals surface area (Å²) in [6.45, 7) is 0.940. The van der Waals surface area contributed by atoms with Crippen LogP contribution in [0.4, 0.5) is 0 Å². The number of nitrogens with one attached hydrogen (secondary N) is 1. The van der Waals surface area contributed by atoms with Crippen molar-refractivity contribution in [3.05, 3.63) is 35.9 Å². The summed E-state index contributed by atoms with van der Waals surface area (Å²) < 4.78 is 0. The van der Waals surface area contributed by atoms with Gasteiger partial charge in [-0.2, -0.15) is 11.8 Å². The standard InChI is InChI=1S/C13H19NO2S/c15-8-4-9-17-10-7-14-13(16)11-12-5-2-1-3-6-12/h1-3,5-6,15H,4,7-11H2,(H,14,16). The van der Waals surface area contributed by atoms with Crippen molar-refractivity contribution in [2.45, 2.75) is 12.8 Å². The van der Waals surface area contributed by atoms with Crippen molar-refractivity contribution in [3.63, 3.8) is 0 Å². The zero-order valence-corrected chi connectivity index (χ0v) is 10.7. The Morgan fingerprint density at radius 3 is 2.71 bits per heavy atom. The Bertz CT molecular complexity index is 316. The van der Waals surface area contributed by atoms with Crippen molar-refractivity contribution in [1.29, 1.82) is 0 Å². The molecule has 94 valence electrons. The van der Waals surface area contributed by atoms with E-state index in [9.17, 15) is 4.79 Å². The maximum atomic E-state index is 11.5. The average Bonchev–Trinajstić information content (AvgIpc) is 2.35. The van der Waals surface area contributed by atoms with Crippen molar-refractivity contribution >= 4 is 17.7 Å². The summed E-state index contributed by atoms with van der Waals surface area (Å²) >= 11 is 1.75. The number of benzene rings is 1. The highest BCUT2D eigenvalue weighted by Gasteiger charge is 2.01. The first-order valence-electron chi connectivity index (χ1n) is 5.82. The first-order chi connectivity index (χ1) is 8.33. The van der Waals surface area contributed by atoms with E-state index in [4.69, 9.17) is 5.11 Å². The Labute approximate surface area is 107 Å². The summed E-state index contributed by atoms with van der Waals surface area (Å²) in [6.07, 6.45) is 1.27. The van der Waals surface area contributed by atoms with Crippen LogP contribution < -0.4 is 5.32 Å². The average molecular weight is 253 g/mol. The van der Waals surface area contributed by atoms with Crippen LogP contribution >= 0.6 is 11.8 Å². The molecule has 0 unspecified atom stereocenters. The fraction of sp³-hybridized carbons (Fsp3) is 0.462.